The number of piperidine rings is 1. The molecular weight excluding hydrogens is 328 g/mol. The molecule has 0 unspecified atom stereocenters. The number of benzene rings is 2. The van der Waals surface area contributed by atoms with Crippen LogP contribution in [0.4, 0.5) is 5.69 Å². The fourth-order valence-electron chi connectivity index (χ4n) is 4.14. The Morgan fingerprint density at radius 1 is 0.920 bits per heavy atom. The van der Waals surface area contributed by atoms with E-state index in [1.165, 1.54) is 50.0 Å². The van der Waals surface area contributed by atoms with Crippen LogP contribution in [0.1, 0.15) is 37.2 Å². The van der Waals surface area contributed by atoms with Gasteiger partial charge in [0, 0.05) is 37.3 Å². The van der Waals surface area contributed by atoms with E-state index in [1.807, 2.05) is 0 Å². The highest BCUT2D eigenvalue weighted by molar-refractivity contribution is 6.13. The Morgan fingerprint density at radius 2 is 1.56 bits per heavy atom. The predicted octanol–water partition coefficient (Wildman–Crippen LogP) is 5.31. The van der Waals surface area contributed by atoms with Gasteiger partial charge in [0.05, 0.1) is 0 Å². The standard InChI is InChI=1S/C22H27ClN2/c23-25(22-17-21(22)19-7-3-1-4-8-19)16-13-18-11-14-24(15-12-18)20-9-5-2-6-10-20/h1-10,18,21-22H,11-17H2/t21-,22+/m0/s1. The second kappa shape index (κ2) is 7.80. The molecule has 1 saturated carbocycles. The minimum absolute atomic E-state index is 0.536. The normalized spacial score (nSPS) is 23.8. The summed E-state index contributed by atoms with van der Waals surface area (Å²) in [6.07, 6.45) is 5.00. The van der Waals surface area contributed by atoms with Crippen LogP contribution >= 0.6 is 11.8 Å². The van der Waals surface area contributed by atoms with E-state index in [0.29, 0.717) is 12.0 Å². The van der Waals surface area contributed by atoms with Crippen molar-refractivity contribution in [1.29, 1.82) is 0 Å². The summed E-state index contributed by atoms with van der Waals surface area (Å²) in [5.41, 5.74) is 2.80. The Bertz CT molecular complexity index is 652. The maximum atomic E-state index is 6.59. The van der Waals surface area contributed by atoms with Gasteiger partial charge in [-0.3, -0.25) is 0 Å². The highest BCUT2D eigenvalue weighted by atomic mass is 35.5. The van der Waals surface area contributed by atoms with E-state index in [9.17, 15) is 0 Å². The van der Waals surface area contributed by atoms with E-state index in [4.69, 9.17) is 11.8 Å². The summed E-state index contributed by atoms with van der Waals surface area (Å²) in [5, 5.41) is 0. The maximum absolute atomic E-state index is 6.59. The van der Waals surface area contributed by atoms with Crippen molar-refractivity contribution in [2.24, 2.45) is 5.92 Å². The molecule has 2 atom stereocenters. The third kappa shape index (κ3) is 4.19. The first-order valence-corrected chi connectivity index (χ1v) is 9.92. The lowest BCUT2D eigenvalue weighted by Crippen LogP contribution is -2.34. The third-order valence-electron chi connectivity index (χ3n) is 5.83. The molecule has 2 aliphatic rings. The number of rotatable bonds is 6. The van der Waals surface area contributed by atoms with E-state index in [2.05, 4.69) is 70.0 Å². The van der Waals surface area contributed by atoms with Crippen molar-refractivity contribution in [3.05, 3.63) is 66.2 Å². The molecule has 1 aliphatic carbocycles. The van der Waals surface area contributed by atoms with Gasteiger partial charge in [0.25, 0.3) is 0 Å². The van der Waals surface area contributed by atoms with Crippen molar-refractivity contribution in [3.8, 4) is 0 Å². The van der Waals surface area contributed by atoms with E-state index >= 15 is 0 Å². The molecule has 0 bridgehead atoms. The van der Waals surface area contributed by atoms with Crippen LogP contribution in [0.15, 0.2) is 60.7 Å². The molecule has 0 spiro atoms. The molecule has 0 radical (unpaired) electrons. The second-order valence-electron chi connectivity index (χ2n) is 7.50. The molecule has 132 valence electrons. The van der Waals surface area contributed by atoms with Crippen LogP contribution in [0.3, 0.4) is 0 Å². The number of hydrogen-bond donors (Lipinski definition) is 0. The smallest absolute Gasteiger partial charge is 0.0366 e. The summed E-state index contributed by atoms with van der Waals surface area (Å²) >= 11 is 6.59. The Morgan fingerprint density at radius 3 is 2.24 bits per heavy atom. The van der Waals surface area contributed by atoms with Crippen molar-refractivity contribution in [1.82, 2.24) is 4.42 Å². The van der Waals surface area contributed by atoms with Crippen LogP contribution < -0.4 is 4.90 Å². The summed E-state index contributed by atoms with van der Waals surface area (Å²) in [4.78, 5) is 2.52. The molecule has 1 saturated heterocycles. The topological polar surface area (TPSA) is 6.48 Å². The first kappa shape index (κ1) is 16.9. The van der Waals surface area contributed by atoms with Crippen LogP contribution in [-0.4, -0.2) is 30.1 Å². The third-order valence-corrected chi connectivity index (χ3v) is 6.25. The second-order valence-corrected chi connectivity index (χ2v) is 7.93. The summed E-state index contributed by atoms with van der Waals surface area (Å²) in [6.45, 7) is 3.37. The van der Waals surface area contributed by atoms with Crippen molar-refractivity contribution in [3.63, 3.8) is 0 Å². The molecule has 0 aromatic heterocycles. The Balaban J connectivity index is 1.20. The van der Waals surface area contributed by atoms with Gasteiger partial charge in [0.2, 0.25) is 0 Å². The summed E-state index contributed by atoms with van der Waals surface area (Å²) in [6, 6.07) is 22.1. The van der Waals surface area contributed by atoms with Gasteiger partial charge in [-0.05, 0) is 61.1 Å². The van der Waals surface area contributed by atoms with E-state index in [1.54, 1.807) is 0 Å². The quantitative estimate of drug-likeness (QED) is 0.649. The van der Waals surface area contributed by atoms with Gasteiger partial charge in [0.15, 0.2) is 0 Å². The Kier molecular flexibility index (Phi) is 5.28. The van der Waals surface area contributed by atoms with Crippen LogP contribution in [0, 0.1) is 5.92 Å². The summed E-state index contributed by atoms with van der Waals surface area (Å²) in [5.74, 6) is 1.45. The number of hydrogen-bond acceptors (Lipinski definition) is 2. The Hall–Kier alpha value is -1.51. The van der Waals surface area contributed by atoms with Gasteiger partial charge < -0.3 is 4.90 Å². The molecule has 2 aromatic carbocycles. The maximum Gasteiger partial charge on any atom is 0.0366 e. The van der Waals surface area contributed by atoms with Gasteiger partial charge in [-0.2, -0.15) is 0 Å². The average Bonchev–Trinajstić information content (AvgIpc) is 3.49. The lowest BCUT2D eigenvalue weighted by Gasteiger charge is -2.34. The monoisotopic (exact) mass is 354 g/mol. The zero-order chi connectivity index (χ0) is 17.1. The van der Waals surface area contributed by atoms with E-state index in [0.717, 1.165) is 12.5 Å². The molecular formula is C22H27ClN2. The molecule has 3 heteroatoms. The van der Waals surface area contributed by atoms with Crippen LogP contribution in [0.5, 0.6) is 0 Å². The molecule has 1 aliphatic heterocycles. The molecule has 1 heterocycles. The minimum Gasteiger partial charge on any atom is -0.372 e. The SMILES string of the molecule is ClN(CCC1CCN(c2ccccc2)CC1)[C@@H]1C[C@H]1c1ccccc1. The van der Waals surface area contributed by atoms with Crippen LogP contribution in [0.25, 0.3) is 0 Å². The molecule has 25 heavy (non-hydrogen) atoms. The minimum atomic E-state index is 0.536. The molecule has 2 fully saturated rings. The number of halogens is 1. The van der Waals surface area contributed by atoms with Crippen molar-refractivity contribution >= 4 is 17.5 Å². The zero-order valence-corrected chi connectivity index (χ0v) is 15.5. The molecule has 0 amide bonds. The first-order chi connectivity index (χ1) is 12.3. The number of nitrogens with zero attached hydrogens (tertiary/aromatic N) is 2. The average molecular weight is 355 g/mol. The summed E-state index contributed by atoms with van der Waals surface area (Å²) < 4.78 is 2.08. The molecule has 0 N–H and O–H groups in total. The predicted molar refractivity (Wildman–Crippen MR) is 106 cm³/mol. The fraction of sp³-hybridized carbons (Fsp3) is 0.455. The molecule has 2 nitrogen and oxygen atoms in total. The van der Waals surface area contributed by atoms with E-state index in [-0.39, 0.29) is 0 Å². The Labute approximate surface area is 156 Å². The number of anilines is 1. The molecule has 2 aromatic rings. The van der Waals surface area contributed by atoms with Crippen molar-refractivity contribution < 1.29 is 0 Å². The highest BCUT2D eigenvalue weighted by Crippen LogP contribution is 2.45. The van der Waals surface area contributed by atoms with Crippen LogP contribution in [0.2, 0.25) is 0 Å². The number of para-hydroxylation sites is 1. The van der Waals surface area contributed by atoms with Crippen molar-refractivity contribution in [2.75, 3.05) is 24.5 Å². The van der Waals surface area contributed by atoms with Gasteiger partial charge in [-0.1, -0.05) is 48.5 Å². The zero-order valence-electron chi connectivity index (χ0n) is 14.7. The van der Waals surface area contributed by atoms with Gasteiger partial charge >= 0.3 is 0 Å². The largest absolute Gasteiger partial charge is 0.372 e. The van der Waals surface area contributed by atoms with Crippen molar-refractivity contribution in [2.45, 2.75) is 37.6 Å². The van der Waals surface area contributed by atoms with Gasteiger partial charge in [-0.15, -0.1) is 0 Å². The highest BCUT2D eigenvalue weighted by Gasteiger charge is 2.42. The first-order valence-electron chi connectivity index (χ1n) is 9.58. The van der Waals surface area contributed by atoms with Crippen LogP contribution in [-0.2, 0) is 0 Å². The molecule has 4 rings (SSSR count). The van der Waals surface area contributed by atoms with Gasteiger partial charge in [0.1, 0.15) is 0 Å². The lowest BCUT2D eigenvalue weighted by atomic mass is 9.93. The summed E-state index contributed by atoms with van der Waals surface area (Å²) in [7, 11) is 0. The van der Waals surface area contributed by atoms with E-state index < -0.39 is 0 Å². The fourth-order valence-corrected chi connectivity index (χ4v) is 4.45. The lowest BCUT2D eigenvalue weighted by molar-refractivity contribution is 0.328. The van der Waals surface area contributed by atoms with Gasteiger partial charge in [-0.25, -0.2) is 4.42 Å².